The molecule has 1 aliphatic carbocycles. The summed E-state index contributed by atoms with van der Waals surface area (Å²) in [4.78, 5) is 10.1. The quantitative estimate of drug-likeness (QED) is 0.230. The number of hydrogen-bond donors (Lipinski definition) is 0. The maximum Gasteiger partial charge on any atom is 0.160 e. The van der Waals surface area contributed by atoms with Crippen molar-refractivity contribution in [1.82, 2.24) is 9.97 Å². The Morgan fingerprint density at radius 3 is 2.10 bits per heavy atom. The Kier molecular flexibility index (Phi) is 5.20. The Morgan fingerprint density at radius 2 is 1.20 bits per heavy atom. The first kappa shape index (κ1) is 23.8. The van der Waals surface area contributed by atoms with E-state index in [-0.39, 0.29) is 5.41 Å². The summed E-state index contributed by atoms with van der Waals surface area (Å²) in [6.07, 6.45) is 0. The zero-order chi connectivity index (χ0) is 27.6. The minimum Gasteiger partial charge on any atom is -0.228 e. The van der Waals surface area contributed by atoms with E-state index >= 15 is 0 Å². The van der Waals surface area contributed by atoms with Crippen molar-refractivity contribution in [2.75, 3.05) is 0 Å². The first-order chi connectivity index (χ1) is 20.1. The maximum absolute atomic E-state index is 5.09. The van der Waals surface area contributed by atoms with Crippen LogP contribution in [0.1, 0.15) is 25.0 Å². The van der Waals surface area contributed by atoms with E-state index in [0.717, 1.165) is 39.1 Å². The second-order valence-corrected chi connectivity index (χ2v) is 11.5. The van der Waals surface area contributed by atoms with Crippen LogP contribution in [-0.2, 0) is 5.41 Å². The van der Waals surface area contributed by atoms with Gasteiger partial charge in [0.25, 0.3) is 0 Å². The molecule has 0 fully saturated rings. The molecule has 1 aliphatic rings. The van der Waals surface area contributed by atoms with E-state index in [9.17, 15) is 0 Å². The molecule has 7 aromatic rings. The van der Waals surface area contributed by atoms with Gasteiger partial charge in [-0.3, -0.25) is 0 Å². The molecule has 0 N–H and O–H groups in total. The maximum atomic E-state index is 5.09. The van der Waals surface area contributed by atoms with Crippen molar-refractivity contribution in [2.24, 2.45) is 0 Å². The Bertz CT molecular complexity index is 2120. The van der Waals surface area contributed by atoms with Crippen molar-refractivity contribution in [1.29, 1.82) is 0 Å². The van der Waals surface area contributed by atoms with Crippen LogP contribution < -0.4 is 0 Å². The average Bonchev–Trinajstić information content (AvgIpc) is 3.25. The molecular formula is C39H28N2. The number of aromatic nitrogens is 2. The van der Waals surface area contributed by atoms with Crippen LogP contribution in [0.2, 0.25) is 0 Å². The summed E-state index contributed by atoms with van der Waals surface area (Å²) < 4.78 is 0. The van der Waals surface area contributed by atoms with E-state index in [1.165, 1.54) is 38.6 Å². The first-order valence-corrected chi connectivity index (χ1v) is 14.2. The largest absolute Gasteiger partial charge is 0.228 e. The molecule has 2 heteroatoms. The number of benzene rings is 6. The SMILES string of the molecule is CC1(C)c2ccccc2-c2cc3ccc(-c4cccc(-c5nc(-c6ccccc6)c6ccccc6n5)c4)cc3cc21. The number of hydrogen-bond acceptors (Lipinski definition) is 2. The summed E-state index contributed by atoms with van der Waals surface area (Å²) in [5.74, 6) is 0.738. The molecule has 8 rings (SSSR count). The summed E-state index contributed by atoms with van der Waals surface area (Å²) in [5.41, 5.74) is 11.9. The van der Waals surface area contributed by atoms with Gasteiger partial charge in [-0.2, -0.15) is 0 Å². The van der Waals surface area contributed by atoms with E-state index < -0.39 is 0 Å². The van der Waals surface area contributed by atoms with Crippen LogP contribution in [0, 0.1) is 0 Å². The van der Waals surface area contributed by atoms with Crippen LogP contribution in [0.15, 0.2) is 133 Å². The molecule has 2 nitrogen and oxygen atoms in total. The molecular weight excluding hydrogens is 496 g/mol. The van der Waals surface area contributed by atoms with Gasteiger partial charge in [-0.25, -0.2) is 9.97 Å². The Labute approximate surface area is 240 Å². The van der Waals surface area contributed by atoms with Crippen LogP contribution >= 0.6 is 0 Å². The van der Waals surface area contributed by atoms with Crippen molar-refractivity contribution in [2.45, 2.75) is 19.3 Å². The Balaban J connectivity index is 1.24. The summed E-state index contributed by atoms with van der Waals surface area (Å²) in [5, 5.41) is 3.59. The van der Waals surface area contributed by atoms with Gasteiger partial charge in [-0.05, 0) is 74.5 Å². The molecule has 0 saturated heterocycles. The van der Waals surface area contributed by atoms with Crippen LogP contribution in [0.4, 0.5) is 0 Å². The molecule has 0 saturated carbocycles. The smallest absolute Gasteiger partial charge is 0.160 e. The number of nitrogens with zero attached hydrogens (tertiary/aromatic N) is 2. The van der Waals surface area contributed by atoms with Gasteiger partial charge in [-0.1, -0.05) is 117 Å². The molecule has 41 heavy (non-hydrogen) atoms. The Hall–Kier alpha value is -5.08. The van der Waals surface area contributed by atoms with Gasteiger partial charge < -0.3 is 0 Å². The lowest BCUT2D eigenvalue weighted by Gasteiger charge is -2.21. The molecule has 1 heterocycles. The fourth-order valence-electron chi connectivity index (χ4n) is 6.48. The van der Waals surface area contributed by atoms with Gasteiger partial charge in [0.1, 0.15) is 0 Å². The van der Waals surface area contributed by atoms with E-state index in [2.05, 4.69) is 129 Å². The minimum atomic E-state index is -0.0140. The lowest BCUT2D eigenvalue weighted by atomic mass is 9.82. The van der Waals surface area contributed by atoms with Gasteiger partial charge in [0, 0.05) is 21.9 Å². The van der Waals surface area contributed by atoms with Gasteiger partial charge in [0.2, 0.25) is 0 Å². The van der Waals surface area contributed by atoms with Gasteiger partial charge in [-0.15, -0.1) is 0 Å². The monoisotopic (exact) mass is 524 g/mol. The van der Waals surface area contributed by atoms with Crippen LogP contribution in [0.3, 0.4) is 0 Å². The predicted molar refractivity (Wildman–Crippen MR) is 171 cm³/mol. The van der Waals surface area contributed by atoms with E-state index in [0.29, 0.717) is 0 Å². The normalized spacial score (nSPS) is 13.3. The third-order valence-electron chi connectivity index (χ3n) is 8.65. The van der Waals surface area contributed by atoms with Gasteiger partial charge >= 0.3 is 0 Å². The van der Waals surface area contributed by atoms with E-state index in [4.69, 9.17) is 9.97 Å². The van der Waals surface area contributed by atoms with Crippen molar-refractivity contribution in [3.8, 4) is 44.9 Å². The van der Waals surface area contributed by atoms with Crippen LogP contribution in [0.25, 0.3) is 66.6 Å². The molecule has 0 aliphatic heterocycles. The Morgan fingerprint density at radius 1 is 0.463 bits per heavy atom. The summed E-state index contributed by atoms with van der Waals surface area (Å²) in [6.45, 7) is 4.67. The van der Waals surface area contributed by atoms with Crippen molar-refractivity contribution >= 4 is 21.7 Å². The second-order valence-electron chi connectivity index (χ2n) is 11.5. The van der Waals surface area contributed by atoms with Crippen LogP contribution in [0.5, 0.6) is 0 Å². The highest BCUT2D eigenvalue weighted by molar-refractivity contribution is 5.96. The fourth-order valence-corrected chi connectivity index (χ4v) is 6.48. The molecule has 1 aromatic heterocycles. The molecule has 0 radical (unpaired) electrons. The van der Waals surface area contributed by atoms with Crippen LogP contribution in [-0.4, -0.2) is 9.97 Å². The molecule has 0 amide bonds. The highest BCUT2D eigenvalue weighted by atomic mass is 14.9. The highest BCUT2D eigenvalue weighted by Crippen LogP contribution is 2.49. The van der Waals surface area contributed by atoms with Crippen molar-refractivity contribution in [3.63, 3.8) is 0 Å². The molecule has 0 atom stereocenters. The van der Waals surface area contributed by atoms with Gasteiger partial charge in [0.05, 0.1) is 11.2 Å². The number of rotatable bonds is 3. The lowest BCUT2D eigenvalue weighted by Crippen LogP contribution is -2.14. The fraction of sp³-hybridized carbons (Fsp3) is 0.0769. The number of para-hydroxylation sites is 1. The summed E-state index contributed by atoms with van der Waals surface area (Å²) >= 11 is 0. The standard InChI is InChI=1S/C39H28N2/c1-39(2)34-17-8-6-15-31(34)33-23-28-20-19-27(22-30(28)24-35(33)39)26-13-10-14-29(21-26)38-40-36-18-9-7-16-32(36)37(41-38)25-11-4-3-5-12-25/h3-24H,1-2H3. The molecule has 0 unspecified atom stereocenters. The third-order valence-corrected chi connectivity index (χ3v) is 8.65. The predicted octanol–water partition coefficient (Wildman–Crippen LogP) is 10.1. The molecule has 6 aromatic carbocycles. The third kappa shape index (κ3) is 3.79. The highest BCUT2D eigenvalue weighted by Gasteiger charge is 2.35. The van der Waals surface area contributed by atoms with Gasteiger partial charge in [0.15, 0.2) is 5.82 Å². The summed E-state index contributed by atoms with van der Waals surface area (Å²) in [7, 11) is 0. The first-order valence-electron chi connectivity index (χ1n) is 14.2. The molecule has 194 valence electrons. The minimum absolute atomic E-state index is 0.0140. The zero-order valence-corrected chi connectivity index (χ0v) is 23.1. The number of fused-ring (bicyclic) bond motifs is 5. The molecule has 0 spiro atoms. The summed E-state index contributed by atoms with van der Waals surface area (Å²) in [6, 6.07) is 47.6. The van der Waals surface area contributed by atoms with Crippen molar-refractivity contribution in [3.05, 3.63) is 145 Å². The zero-order valence-electron chi connectivity index (χ0n) is 23.1. The van der Waals surface area contributed by atoms with E-state index in [1.807, 2.05) is 18.2 Å². The second kappa shape index (κ2) is 8.97. The lowest BCUT2D eigenvalue weighted by molar-refractivity contribution is 0.661. The van der Waals surface area contributed by atoms with Crippen molar-refractivity contribution < 1.29 is 0 Å². The average molecular weight is 525 g/mol. The van der Waals surface area contributed by atoms with E-state index in [1.54, 1.807) is 0 Å². The molecule has 0 bridgehead atoms. The topological polar surface area (TPSA) is 25.8 Å².